The smallest absolute Gasteiger partial charge is 0.161 e. The molecule has 6 heteroatoms. The minimum Gasteiger partial charge on any atom is -0.508 e. The van der Waals surface area contributed by atoms with Crippen LogP contribution in [0.15, 0.2) is 36.4 Å². The van der Waals surface area contributed by atoms with Crippen molar-refractivity contribution in [3.63, 3.8) is 0 Å². The average Bonchev–Trinajstić information content (AvgIpc) is 3.39. The molecule has 0 saturated heterocycles. The summed E-state index contributed by atoms with van der Waals surface area (Å²) in [5.41, 5.74) is 0.720. The molecule has 8 rings (SSSR count). The van der Waals surface area contributed by atoms with Crippen molar-refractivity contribution in [1.29, 1.82) is 0 Å². The lowest BCUT2D eigenvalue weighted by Crippen LogP contribution is -2.52. The van der Waals surface area contributed by atoms with E-state index < -0.39 is 34.4 Å². The number of phenolic OH excluding ortho intramolecular Hbond substituents is 2. The zero-order valence-electron chi connectivity index (χ0n) is 26.9. The summed E-state index contributed by atoms with van der Waals surface area (Å²) >= 11 is 0. The van der Waals surface area contributed by atoms with Crippen LogP contribution in [-0.4, -0.2) is 44.0 Å². The third-order valence-electron chi connectivity index (χ3n) is 14.2. The van der Waals surface area contributed by atoms with Crippen LogP contribution in [0.2, 0.25) is 0 Å². The number of phenols is 2. The summed E-state index contributed by atoms with van der Waals surface area (Å²) in [6.07, 6.45) is 16.3. The summed E-state index contributed by atoms with van der Waals surface area (Å²) in [6.45, 7) is 3.97. The van der Waals surface area contributed by atoms with Crippen molar-refractivity contribution in [2.45, 2.75) is 113 Å². The molecule has 6 aliphatic carbocycles. The molecule has 12 atom stereocenters. The Morgan fingerprint density at radius 1 is 0.674 bits per heavy atom. The summed E-state index contributed by atoms with van der Waals surface area (Å²) in [6, 6.07) is 11.3. The number of aryl methyl sites for hydroxylation is 2. The number of halogens is 2. The summed E-state index contributed by atoms with van der Waals surface area (Å²) in [5, 5.41) is 41.0. The zero-order chi connectivity index (χ0) is 32.8. The largest absolute Gasteiger partial charge is 0.508 e. The van der Waals surface area contributed by atoms with Gasteiger partial charge in [0.25, 0.3) is 0 Å². The number of aliphatic hydroxyl groups is 2. The molecule has 0 radical (unpaired) electrons. The number of hydrogen-bond donors (Lipinski definition) is 4. The van der Waals surface area contributed by atoms with E-state index in [1.807, 2.05) is 38.1 Å². The molecular weight excluding hydrogens is 582 g/mol. The highest BCUT2D eigenvalue weighted by Gasteiger charge is 2.67. The number of benzene rings is 2. The monoisotopic (exact) mass is 628 g/mol. The van der Waals surface area contributed by atoms with E-state index in [4.69, 9.17) is 12.8 Å². The molecule has 0 aliphatic heterocycles. The van der Waals surface area contributed by atoms with Gasteiger partial charge in [-0.3, -0.25) is 0 Å². The molecule has 0 amide bonds. The maximum absolute atomic E-state index is 14.6. The van der Waals surface area contributed by atoms with Crippen molar-refractivity contribution in [3.8, 4) is 36.2 Å². The van der Waals surface area contributed by atoms with Gasteiger partial charge < -0.3 is 20.4 Å². The number of rotatable bonds is 0. The second-order valence-corrected chi connectivity index (χ2v) is 15.7. The Kier molecular flexibility index (Phi) is 7.36. The van der Waals surface area contributed by atoms with Crippen LogP contribution in [0.3, 0.4) is 0 Å². The van der Waals surface area contributed by atoms with E-state index in [2.05, 4.69) is 11.8 Å². The van der Waals surface area contributed by atoms with Gasteiger partial charge in [0, 0.05) is 10.8 Å². The Bertz CT molecular complexity index is 1510. The van der Waals surface area contributed by atoms with Crippen LogP contribution in [0.5, 0.6) is 11.5 Å². The van der Waals surface area contributed by atoms with Gasteiger partial charge in [0.15, 0.2) is 11.2 Å². The average molecular weight is 629 g/mol. The van der Waals surface area contributed by atoms with Gasteiger partial charge >= 0.3 is 0 Å². The summed E-state index contributed by atoms with van der Waals surface area (Å²) < 4.78 is 29.2. The SMILES string of the molecule is C#C[C@]1(O)[C@@H](F)C[C@H]2[C@@H]3CCc4cc(O)ccc4[C@H]3CC[C@@]21C.C#C[C@]1(O)[C@H](F)C[C@H]2[C@@H]3CCc4cc(O)ccc4[C@H]3CC[C@@]21C. The molecule has 4 nitrogen and oxygen atoms in total. The van der Waals surface area contributed by atoms with Gasteiger partial charge in [-0.1, -0.05) is 37.8 Å². The van der Waals surface area contributed by atoms with Crippen LogP contribution in [0.1, 0.15) is 99.3 Å². The third kappa shape index (κ3) is 4.18. The topological polar surface area (TPSA) is 80.9 Å². The number of aromatic hydroxyl groups is 2. The van der Waals surface area contributed by atoms with Crippen molar-refractivity contribution in [2.24, 2.45) is 34.5 Å². The van der Waals surface area contributed by atoms with E-state index in [0.29, 0.717) is 48.0 Å². The molecule has 4 N–H and O–H groups in total. The van der Waals surface area contributed by atoms with Gasteiger partial charge in [-0.25, -0.2) is 8.78 Å². The Morgan fingerprint density at radius 2 is 1.07 bits per heavy atom. The van der Waals surface area contributed by atoms with E-state index in [1.165, 1.54) is 22.3 Å². The van der Waals surface area contributed by atoms with Crippen LogP contribution in [0.25, 0.3) is 0 Å². The molecule has 244 valence electrons. The normalized spacial score (nSPS) is 44.8. The molecule has 46 heavy (non-hydrogen) atoms. The van der Waals surface area contributed by atoms with Crippen LogP contribution in [0, 0.1) is 59.2 Å². The van der Waals surface area contributed by atoms with Gasteiger partial charge in [-0.2, -0.15) is 0 Å². The second-order valence-electron chi connectivity index (χ2n) is 15.7. The quantitative estimate of drug-likeness (QED) is 0.234. The van der Waals surface area contributed by atoms with Gasteiger partial charge in [-0.15, -0.1) is 12.8 Å². The molecule has 2 aromatic carbocycles. The lowest BCUT2D eigenvalue weighted by Gasteiger charge is -2.51. The molecule has 2 aromatic rings. The van der Waals surface area contributed by atoms with Crippen molar-refractivity contribution >= 4 is 0 Å². The lowest BCUT2D eigenvalue weighted by molar-refractivity contribution is -0.0846. The van der Waals surface area contributed by atoms with E-state index >= 15 is 0 Å². The maximum atomic E-state index is 14.6. The highest BCUT2D eigenvalue weighted by molar-refractivity contribution is 5.42. The minimum atomic E-state index is -1.63. The van der Waals surface area contributed by atoms with Crippen LogP contribution in [-0.2, 0) is 12.8 Å². The van der Waals surface area contributed by atoms with Crippen LogP contribution in [0.4, 0.5) is 8.78 Å². The molecule has 0 spiro atoms. The Hall–Kier alpha value is -3.06. The maximum Gasteiger partial charge on any atom is 0.161 e. The molecule has 0 aromatic heterocycles. The first-order valence-corrected chi connectivity index (χ1v) is 17.1. The first kappa shape index (κ1) is 31.5. The van der Waals surface area contributed by atoms with E-state index in [0.717, 1.165) is 51.4 Å². The Balaban J connectivity index is 0.000000147. The molecule has 0 bridgehead atoms. The highest BCUT2D eigenvalue weighted by Crippen LogP contribution is 2.66. The lowest BCUT2D eigenvalue weighted by atomic mass is 9.53. The van der Waals surface area contributed by atoms with Crippen molar-refractivity contribution in [1.82, 2.24) is 0 Å². The predicted octanol–water partition coefficient (Wildman–Crippen LogP) is 7.12. The van der Waals surface area contributed by atoms with Crippen molar-refractivity contribution in [3.05, 3.63) is 58.7 Å². The second kappa shape index (κ2) is 10.7. The van der Waals surface area contributed by atoms with Crippen LogP contribution >= 0.6 is 0 Å². The van der Waals surface area contributed by atoms with Gasteiger partial charge in [0.1, 0.15) is 23.8 Å². The Labute approximate surface area is 271 Å². The van der Waals surface area contributed by atoms with Crippen molar-refractivity contribution < 1.29 is 29.2 Å². The fourth-order valence-corrected chi connectivity index (χ4v) is 11.6. The predicted molar refractivity (Wildman–Crippen MR) is 174 cm³/mol. The molecule has 4 saturated carbocycles. The molecule has 4 fully saturated rings. The zero-order valence-corrected chi connectivity index (χ0v) is 26.9. The number of fused-ring (bicyclic) bond motifs is 10. The minimum absolute atomic E-state index is 0.124. The molecule has 0 unspecified atom stereocenters. The number of terminal acetylenes is 2. The van der Waals surface area contributed by atoms with Gasteiger partial charge in [-0.05, 0) is 146 Å². The standard InChI is InChI=1S/2C20H23FO2/c2*1-3-20(23)18(21)11-17-16-6-4-12-10-13(22)5-7-14(12)15(16)8-9-19(17,20)2/h2*1,5,7,10,15-18,22-23H,4,6,8-9,11H2,2H3/t15-,16-,17+,18+,19+,20+;15-,16-,17+,18-,19+,20+/m11/s1. The number of alkyl halides is 2. The summed E-state index contributed by atoms with van der Waals surface area (Å²) in [4.78, 5) is 0. The molecule has 6 aliphatic rings. The fraction of sp³-hybridized carbons (Fsp3) is 0.600. The summed E-state index contributed by atoms with van der Waals surface area (Å²) in [5.74, 6) is 7.20. The van der Waals surface area contributed by atoms with E-state index in [9.17, 15) is 29.2 Å². The van der Waals surface area contributed by atoms with Crippen molar-refractivity contribution in [2.75, 3.05) is 0 Å². The van der Waals surface area contributed by atoms with Gasteiger partial charge in [0.05, 0.1) is 0 Å². The molecule has 0 heterocycles. The van der Waals surface area contributed by atoms with Gasteiger partial charge in [0.2, 0.25) is 0 Å². The highest BCUT2D eigenvalue weighted by atomic mass is 19.1. The fourth-order valence-electron chi connectivity index (χ4n) is 11.6. The molecular formula is C40H46F2O4. The first-order valence-electron chi connectivity index (χ1n) is 17.1. The van der Waals surface area contributed by atoms with Crippen LogP contribution < -0.4 is 0 Å². The number of hydrogen-bond acceptors (Lipinski definition) is 4. The van der Waals surface area contributed by atoms with E-state index in [-0.39, 0.29) is 11.8 Å². The Morgan fingerprint density at radius 3 is 1.43 bits per heavy atom. The van der Waals surface area contributed by atoms with E-state index in [1.54, 1.807) is 12.1 Å². The summed E-state index contributed by atoms with van der Waals surface area (Å²) in [7, 11) is 0. The first-order chi connectivity index (χ1) is 21.8. The third-order valence-corrected chi connectivity index (χ3v) is 14.2.